The molecule has 6 aromatic carbocycles. The van der Waals surface area contributed by atoms with Crippen LogP contribution in [0.4, 0.5) is 0 Å². The molecule has 0 radical (unpaired) electrons. The number of fused-ring (bicyclic) bond motifs is 2. The third kappa shape index (κ3) is 6.39. The predicted octanol–water partition coefficient (Wildman–Crippen LogP) is 12.8. The zero-order chi connectivity index (χ0) is 36.9. The molecule has 0 spiro atoms. The van der Waals surface area contributed by atoms with E-state index in [-0.39, 0.29) is 10.8 Å². The van der Waals surface area contributed by atoms with Gasteiger partial charge in [0.15, 0.2) is 17.5 Å². The number of pyridine rings is 1. The van der Waals surface area contributed by atoms with Gasteiger partial charge >= 0.3 is 0 Å². The molecule has 0 unspecified atom stereocenters. The Hall–Kier alpha value is -6.26. The van der Waals surface area contributed by atoms with Crippen LogP contribution in [0.2, 0.25) is 0 Å². The average Bonchev–Trinajstić information content (AvgIpc) is 3.22. The van der Waals surface area contributed by atoms with Gasteiger partial charge in [0.25, 0.3) is 0 Å². The smallest absolute Gasteiger partial charge is 0.164 e. The Balaban J connectivity index is 1.23. The highest BCUT2D eigenvalue weighted by molar-refractivity contribution is 5.85. The van der Waals surface area contributed by atoms with Gasteiger partial charge < -0.3 is 0 Å². The van der Waals surface area contributed by atoms with Gasteiger partial charge in [0.05, 0.1) is 11.2 Å². The fourth-order valence-corrected chi connectivity index (χ4v) is 7.86. The summed E-state index contributed by atoms with van der Waals surface area (Å²) in [6.07, 6.45) is 2.34. The monoisotopic (exact) mass is 698 g/mol. The molecule has 0 atom stereocenters. The maximum Gasteiger partial charge on any atom is 0.164 e. The highest BCUT2D eigenvalue weighted by Gasteiger charge is 2.37. The second-order valence-corrected chi connectivity index (χ2v) is 15.8. The summed E-state index contributed by atoms with van der Waals surface area (Å²) in [5.41, 5.74) is 13.4. The van der Waals surface area contributed by atoms with E-state index < -0.39 is 0 Å². The molecule has 0 fully saturated rings. The van der Waals surface area contributed by atoms with Crippen molar-refractivity contribution >= 4 is 10.9 Å². The molecular formula is C50H42N4. The quantitative estimate of drug-likeness (QED) is 0.173. The molecule has 0 N–H and O–H groups in total. The van der Waals surface area contributed by atoms with Crippen LogP contribution in [0.15, 0.2) is 158 Å². The van der Waals surface area contributed by atoms with E-state index in [0.717, 1.165) is 56.4 Å². The molecule has 9 rings (SSSR count). The van der Waals surface area contributed by atoms with Crippen LogP contribution in [-0.4, -0.2) is 19.9 Å². The summed E-state index contributed by atoms with van der Waals surface area (Å²) in [5.74, 6) is 1.89. The molecule has 4 heteroatoms. The number of rotatable bonds is 6. The fourth-order valence-electron chi connectivity index (χ4n) is 7.86. The fraction of sp³-hybridized carbons (Fsp3) is 0.160. The topological polar surface area (TPSA) is 51.6 Å². The molecule has 2 aromatic heterocycles. The van der Waals surface area contributed by atoms with Gasteiger partial charge in [-0.15, -0.1) is 0 Å². The van der Waals surface area contributed by atoms with Crippen molar-refractivity contribution in [3.05, 3.63) is 169 Å². The van der Waals surface area contributed by atoms with Crippen molar-refractivity contribution in [2.75, 3.05) is 0 Å². The summed E-state index contributed by atoms with van der Waals surface area (Å²) in [7, 11) is 0. The normalized spacial score (nSPS) is 14.4. The molecule has 1 aliphatic rings. The van der Waals surface area contributed by atoms with E-state index in [4.69, 9.17) is 19.9 Å². The number of hydrogen-bond donors (Lipinski definition) is 0. The van der Waals surface area contributed by atoms with E-state index in [1.54, 1.807) is 0 Å². The number of aromatic nitrogens is 4. The van der Waals surface area contributed by atoms with E-state index >= 15 is 0 Å². The summed E-state index contributed by atoms with van der Waals surface area (Å²) in [6.45, 7) is 9.52. The zero-order valence-electron chi connectivity index (χ0n) is 31.2. The lowest BCUT2D eigenvalue weighted by Crippen LogP contribution is -2.33. The Kier molecular flexibility index (Phi) is 8.27. The van der Waals surface area contributed by atoms with Crippen LogP contribution in [0.5, 0.6) is 0 Å². The Bertz CT molecular complexity index is 2640. The molecule has 0 saturated carbocycles. The summed E-state index contributed by atoms with van der Waals surface area (Å²) < 4.78 is 0. The summed E-state index contributed by atoms with van der Waals surface area (Å²) in [6, 6.07) is 55.4. The van der Waals surface area contributed by atoms with Crippen LogP contribution >= 0.6 is 0 Å². The maximum atomic E-state index is 5.19. The second-order valence-electron chi connectivity index (χ2n) is 15.8. The molecule has 0 saturated heterocycles. The van der Waals surface area contributed by atoms with E-state index in [9.17, 15) is 0 Å². The minimum absolute atomic E-state index is 0.0883. The van der Waals surface area contributed by atoms with Crippen molar-refractivity contribution in [1.82, 2.24) is 19.9 Å². The lowest BCUT2D eigenvalue weighted by atomic mass is 9.63. The Morgan fingerprint density at radius 3 is 1.56 bits per heavy atom. The van der Waals surface area contributed by atoms with Gasteiger partial charge in [0.2, 0.25) is 0 Å². The minimum Gasteiger partial charge on any atom is -0.248 e. The maximum absolute atomic E-state index is 5.19. The van der Waals surface area contributed by atoms with Crippen molar-refractivity contribution in [3.8, 4) is 67.7 Å². The van der Waals surface area contributed by atoms with Gasteiger partial charge in [0.1, 0.15) is 0 Å². The Labute approximate surface area is 317 Å². The van der Waals surface area contributed by atoms with E-state index in [2.05, 4.69) is 155 Å². The molecule has 262 valence electrons. The lowest BCUT2D eigenvalue weighted by molar-refractivity contribution is 0.332. The van der Waals surface area contributed by atoms with Crippen LogP contribution < -0.4 is 0 Å². The van der Waals surface area contributed by atoms with Crippen LogP contribution in [0.1, 0.15) is 51.7 Å². The summed E-state index contributed by atoms with van der Waals surface area (Å²) in [4.78, 5) is 20.5. The minimum atomic E-state index is 0.0883. The average molecular weight is 699 g/mol. The number of benzene rings is 6. The highest BCUT2D eigenvalue weighted by Crippen LogP contribution is 2.47. The number of para-hydroxylation sites is 1. The van der Waals surface area contributed by atoms with Gasteiger partial charge in [-0.05, 0) is 87.4 Å². The van der Waals surface area contributed by atoms with E-state index in [1.165, 1.54) is 28.7 Å². The van der Waals surface area contributed by atoms with Crippen LogP contribution in [0, 0.1) is 0 Å². The van der Waals surface area contributed by atoms with Crippen LogP contribution in [0.3, 0.4) is 0 Å². The molecule has 1 aliphatic carbocycles. The van der Waals surface area contributed by atoms with Crippen LogP contribution in [0.25, 0.3) is 78.6 Å². The largest absolute Gasteiger partial charge is 0.248 e. The molecule has 8 aromatic rings. The number of hydrogen-bond acceptors (Lipinski definition) is 4. The first-order valence-electron chi connectivity index (χ1n) is 18.8. The van der Waals surface area contributed by atoms with Gasteiger partial charge in [0, 0.05) is 27.6 Å². The lowest BCUT2D eigenvalue weighted by Gasteiger charge is -2.42. The molecule has 0 amide bonds. The van der Waals surface area contributed by atoms with Crippen molar-refractivity contribution in [2.45, 2.75) is 51.4 Å². The Morgan fingerprint density at radius 2 is 0.852 bits per heavy atom. The molecule has 54 heavy (non-hydrogen) atoms. The second kappa shape index (κ2) is 13.3. The third-order valence-electron chi connectivity index (χ3n) is 11.2. The molecule has 0 bridgehead atoms. The molecular weight excluding hydrogens is 657 g/mol. The highest BCUT2D eigenvalue weighted by atomic mass is 15.0. The van der Waals surface area contributed by atoms with Gasteiger partial charge in [-0.3, -0.25) is 0 Å². The number of nitrogens with zero attached hydrogens (tertiary/aromatic N) is 4. The molecule has 2 heterocycles. The van der Waals surface area contributed by atoms with Gasteiger partial charge in [-0.25, -0.2) is 19.9 Å². The van der Waals surface area contributed by atoms with Crippen molar-refractivity contribution in [1.29, 1.82) is 0 Å². The van der Waals surface area contributed by atoms with Gasteiger partial charge in [-0.1, -0.05) is 155 Å². The summed E-state index contributed by atoms with van der Waals surface area (Å²) >= 11 is 0. The first-order chi connectivity index (χ1) is 26.2. The zero-order valence-corrected chi connectivity index (χ0v) is 31.2. The van der Waals surface area contributed by atoms with Crippen molar-refractivity contribution in [3.63, 3.8) is 0 Å². The van der Waals surface area contributed by atoms with E-state index in [0.29, 0.717) is 17.5 Å². The Morgan fingerprint density at radius 1 is 0.352 bits per heavy atom. The molecule has 4 nitrogen and oxygen atoms in total. The first kappa shape index (κ1) is 33.6. The predicted molar refractivity (Wildman–Crippen MR) is 223 cm³/mol. The van der Waals surface area contributed by atoms with E-state index in [1.807, 2.05) is 30.3 Å². The third-order valence-corrected chi connectivity index (χ3v) is 11.2. The SMILES string of the molecule is CC1(C)CCC(C)(C)c2cc(-c3cc(-c4ccc5ccccc5n4)cc(-c4nc(-c5ccccc5)nc(-c5ccc(-c6ccccc6)cc5)n4)c3)ccc21. The standard InChI is InChI=1S/C50H42N4/c1-49(2)27-28-50(3,4)43-32-38(23-25-42(43)49)39-29-40(45-26-24-35-15-11-12-18-44(35)51-45)31-41(30-39)48-53-46(36-16-9-6-10-17-36)52-47(54-48)37-21-19-34(20-22-37)33-13-7-5-8-14-33/h5-26,29-32H,27-28H2,1-4H3. The summed E-state index contributed by atoms with van der Waals surface area (Å²) in [5, 5.41) is 1.12. The van der Waals surface area contributed by atoms with Gasteiger partial charge in [-0.2, -0.15) is 0 Å². The first-order valence-corrected chi connectivity index (χ1v) is 18.8. The van der Waals surface area contributed by atoms with Crippen LogP contribution in [-0.2, 0) is 10.8 Å². The molecule has 0 aliphatic heterocycles. The van der Waals surface area contributed by atoms with Crippen molar-refractivity contribution in [2.24, 2.45) is 0 Å². The van der Waals surface area contributed by atoms with Crippen molar-refractivity contribution < 1.29 is 0 Å².